The minimum Gasteiger partial charge on any atom is -0.309 e. The summed E-state index contributed by atoms with van der Waals surface area (Å²) in [6.07, 6.45) is 6.86. The van der Waals surface area contributed by atoms with Crippen molar-refractivity contribution < 1.29 is 0 Å². The molecule has 1 heterocycles. The molecule has 1 aliphatic carbocycles. The van der Waals surface area contributed by atoms with Crippen molar-refractivity contribution in [1.29, 1.82) is 0 Å². The third kappa shape index (κ3) is 3.22. The van der Waals surface area contributed by atoms with Crippen LogP contribution in [0.15, 0.2) is 12.1 Å². The van der Waals surface area contributed by atoms with E-state index in [1.165, 1.54) is 37.0 Å². The Morgan fingerprint density at radius 3 is 2.88 bits per heavy atom. The van der Waals surface area contributed by atoms with Gasteiger partial charge in [-0.2, -0.15) is 0 Å². The summed E-state index contributed by atoms with van der Waals surface area (Å²) < 4.78 is 0.896. The molecule has 1 saturated carbocycles. The van der Waals surface area contributed by atoms with Crippen LogP contribution in [-0.2, 0) is 6.54 Å². The Labute approximate surface area is 107 Å². The highest BCUT2D eigenvalue weighted by molar-refractivity contribution is 7.16. The molecule has 0 aliphatic heterocycles. The van der Waals surface area contributed by atoms with Gasteiger partial charge in [-0.3, -0.25) is 0 Å². The SMILES string of the molecule is CCC1CCCCC1NCc1ccc(Cl)s1. The molecule has 2 atom stereocenters. The van der Waals surface area contributed by atoms with E-state index in [2.05, 4.69) is 18.3 Å². The van der Waals surface area contributed by atoms with E-state index in [1.54, 1.807) is 11.3 Å². The minimum atomic E-state index is 0.722. The second kappa shape index (κ2) is 6.04. The molecular formula is C13H20ClNS. The molecule has 1 nitrogen and oxygen atoms in total. The van der Waals surface area contributed by atoms with Gasteiger partial charge in [-0.1, -0.05) is 37.8 Å². The van der Waals surface area contributed by atoms with Crippen LogP contribution in [-0.4, -0.2) is 6.04 Å². The molecule has 1 aromatic heterocycles. The van der Waals surface area contributed by atoms with Crippen molar-refractivity contribution in [2.24, 2.45) is 5.92 Å². The molecule has 1 aliphatic rings. The summed E-state index contributed by atoms with van der Waals surface area (Å²) in [6, 6.07) is 4.84. The van der Waals surface area contributed by atoms with Crippen molar-refractivity contribution in [3.05, 3.63) is 21.3 Å². The van der Waals surface area contributed by atoms with Crippen LogP contribution in [0.25, 0.3) is 0 Å². The number of rotatable bonds is 4. The Morgan fingerprint density at radius 2 is 2.19 bits per heavy atom. The Balaban J connectivity index is 1.84. The fraction of sp³-hybridized carbons (Fsp3) is 0.692. The van der Waals surface area contributed by atoms with Crippen molar-refractivity contribution in [3.63, 3.8) is 0 Å². The second-order valence-corrected chi connectivity index (χ2v) is 6.45. The summed E-state index contributed by atoms with van der Waals surface area (Å²) in [6.45, 7) is 3.30. The fourth-order valence-corrected chi connectivity index (χ4v) is 3.68. The highest BCUT2D eigenvalue weighted by Crippen LogP contribution is 2.28. The van der Waals surface area contributed by atoms with Crippen LogP contribution in [0.2, 0.25) is 4.34 Å². The van der Waals surface area contributed by atoms with E-state index < -0.39 is 0 Å². The zero-order valence-electron chi connectivity index (χ0n) is 9.84. The number of thiophene rings is 1. The van der Waals surface area contributed by atoms with E-state index in [0.29, 0.717) is 0 Å². The number of hydrogen-bond donors (Lipinski definition) is 1. The summed E-state index contributed by atoms with van der Waals surface area (Å²) in [5.74, 6) is 0.879. The zero-order chi connectivity index (χ0) is 11.4. The van der Waals surface area contributed by atoms with Gasteiger partial charge in [0.25, 0.3) is 0 Å². The Morgan fingerprint density at radius 1 is 1.38 bits per heavy atom. The van der Waals surface area contributed by atoms with Crippen LogP contribution in [0, 0.1) is 5.92 Å². The minimum absolute atomic E-state index is 0.722. The van der Waals surface area contributed by atoms with Crippen molar-refractivity contribution in [1.82, 2.24) is 5.32 Å². The third-order valence-corrected chi connectivity index (χ3v) is 4.83. The molecule has 1 N–H and O–H groups in total. The van der Waals surface area contributed by atoms with Gasteiger partial charge in [0.2, 0.25) is 0 Å². The Kier molecular flexibility index (Phi) is 4.68. The Hall–Kier alpha value is -0.0500. The first-order valence-corrected chi connectivity index (χ1v) is 7.46. The summed E-state index contributed by atoms with van der Waals surface area (Å²) in [7, 11) is 0. The lowest BCUT2D eigenvalue weighted by molar-refractivity contribution is 0.255. The molecule has 0 bridgehead atoms. The normalized spacial score (nSPS) is 25.9. The van der Waals surface area contributed by atoms with Crippen LogP contribution in [0.3, 0.4) is 0 Å². The molecular weight excluding hydrogens is 238 g/mol. The molecule has 1 aromatic rings. The molecule has 0 amide bonds. The van der Waals surface area contributed by atoms with Crippen LogP contribution < -0.4 is 5.32 Å². The standard InChI is InChI=1S/C13H20ClNS/c1-2-10-5-3-4-6-12(10)15-9-11-7-8-13(14)16-11/h7-8,10,12,15H,2-6,9H2,1H3. The van der Waals surface area contributed by atoms with Crippen LogP contribution in [0.5, 0.6) is 0 Å². The van der Waals surface area contributed by atoms with Gasteiger partial charge in [0.1, 0.15) is 0 Å². The van der Waals surface area contributed by atoms with Gasteiger partial charge < -0.3 is 5.32 Å². The maximum atomic E-state index is 5.93. The van der Waals surface area contributed by atoms with E-state index in [1.807, 2.05) is 6.07 Å². The maximum absolute atomic E-state index is 5.93. The molecule has 0 radical (unpaired) electrons. The van der Waals surface area contributed by atoms with Crippen molar-refractivity contribution >= 4 is 22.9 Å². The summed E-state index contributed by atoms with van der Waals surface area (Å²) in [5.41, 5.74) is 0. The van der Waals surface area contributed by atoms with Gasteiger partial charge >= 0.3 is 0 Å². The fourth-order valence-electron chi connectivity index (χ4n) is 2.64. The second-order valence-electron chi connectivity index (χ2n) is 4.65. The molecule has 90 valence electrons. The van der Waals surface area contributed by atoms with E-state index in [-0.39, 0.29) is 0 Å². The van der Waals surface area contributed by atoms with Gasteiger partial charge in [-0.25, -0.2) is 0 Å². The molecule has 2 rings (SSSR count). The topological polar surface area (TPSA) is 12.0 Å². The van der Waals surface area contributed by atoms with Crippen LogP contribution in [0.4, 0.5) is 0 Å². The lowest BCUT2D eigenvalue weighted by atomic mass is 9.83. The first-order chi connectivity index (χ1) is 7.79. The van der Waals surface area contributed by atoms with Gasteiger partial charge in [-0.05, 0) is 30.9 Å². The molecule has 3 heteroatoms. The summed E-state index contributed by atoms with van der Waals surface area (Å²) in [4.78, 5) is 1.35. The summed E-state index contributed by atoms with van der Waals surface area (Å²) in [5, 5.41) is 3.70. The molecule has 16 heavy (non-hydrogen) atoms. The van der Waals surface area contributed by atoms with E-state index >= 15 is 0 Å². The Bertz CT molecular complexity index is 323. The highest BCUT2D eigenvalue weighted by atomic mass is 35.5. The first kappa shape index (κ1) is 12.4. The lowest BCUT2D eigenvalue weighted by Crippen LogP contribution is -2.37. The highest BCUT2D eigenvalue weighted by Gasteiger charge is 2.22. The number of nitrogens with one attached hydrogen (secondary N) is 1. The van der Waals surface area contributed by atoms with E-state index in [0.717, 1.165) is 22.8 Å². The molecule has 1 fully saturated rings. The zero-order valence-corrected chi connectivity index (χ0v) is 11.4. The van der Waals surface area contributed by atoms with Crippen molar-refractivity contribution in [3.8, 4) is 0 Å². The van der Waals surface area contributed by atoms with Crippen molar-refractivity contribution in [2.45, 2.75) is 51.6 Å². The van der Waals surface area contributed by atoms with E-state index in [9.17, 15) is 0 Å². The predicted molar refractivity (Wildman–Crippen MR) is 72.2 cm³/mol. The monoisotopic (exact) mass is 257 g/mol. The van der Waals surface area contributed by atoms with E-state index in [4.69, 9.17) is 11.6 Å². The maximum Gasteiger partial charge on any atom is 0.0931 e. The number of halogens is 1. The van der Waals surface area contributed by atoms with Gasteiger partial charge in [0.05, 0.1) is 4.34 Å². The van der Waals surface area contributed by atoms with Gasteiger partial charge in [0, 0.05) is 17.5 Å². The van der Waals surface area contributed by atoms with Crippen molar-refractivity contribution in [2.75, 3.05) is 0 Å². The average molecular weight is 258 g/mol. The quantitative estimate of drug-likeness (QED) is 0.840. The third-order valence-electron chi connectivity index (χ3n) is 3.60. The first-order valence-electron chi connectivity index (χ1n) is 6.27. The lowest BCUT2D eigenvalue weighted by Gasteiger charge is -2.31. The van der Waals surface area contributed by atoms with Crippen LogP contribution in [0.1, 0.15) is 43.9 Å². The molecule has 0 aromatic carbocycles. The molecule has 0 saturated heterocycles. The molecule has 0 spiro atoms. The smallest absolute Gasteiger partial charge is 0.0931 e. The van der Waals surface area contributed by atoms with Gasteiger partial charge in [0.15, 0.2) is 0 Å². The largest absolute Gasteiger partial charge is 0.309 e. The predicted octanol–water partition coefficient (Wildman–Crippen LogP) is 4.46. The molecule has 2 unspecified atom stereocenters. The average Bonchev–Trinajstić information content (AvgIpc) is 2.73. The summed E-state index contributed by atoms with van der Waals surface area (Å²) >= 11 is 7.62. The van der Waals surface area contributed by atoms with Crippen LogP contribution >= 0.6 is 22.9 Å². The number of hydrogen-bond acceptors (Lipinski definition) is 2. The van der Waals surface area contributed by atoms with Gasteiger partial charge in [-0.15, -0.1) is 11.3 Å².